The smallest absolute Gasteiger partial charge is 0.379 e. The molecule has 0 spiro atoms. The molecular weight excluding hydrogens is 291 g/mol. The third-order valence-electron chi connectivity index (χ3n) is 3.67. The third kappa shape index (κ3) is 2.09. The topological polar surface area (TPSA) is 44.0 Å². The van der Waals surface area contributed by atoms with Crippen LogP contribution in [0.4, 0.5) is 13.2 Å². The van der Waals surface area contributed by atoms with Crippen molar-refractivity contribution in [2.24, 2.45) is 0 Å². The van der Waals surface area contributed by atoms with Crippen molar-refractivity contribution in [3.63, 3.8) is 0 Å². The van der Waals surface area contributed by atoms with E-state index in [0.29, 0.717) is 16.3 Å². The fourth-order valence-electron chi connectivity index (χ4n) is 2.74. The molecule has 3 rings (SSSR count). The second-order valence-corrected chi connectivity index (χ2v) is 4.94. The van der Waals surface area contributed by atoms with Crippen molar-refractivity contribution in [2.75, 3.05) is 0 Å². The van der Waals surface area contributed by atoms with Gasteiger partial charge in [0.05, 0.1) is 5.56 Å². The Hall–Kier alpha value is -2.58. The van der Waals surface area contributed by atoms with E-state index in [2.05, 4.69) is 6.07 Å². The minimum atomic E-state index is -4.78. The Bertz CT molecular complexity index is 852. The Kier molecular flexibility index (Phi) is 3.27. The van der Waals surface area contributed by atoms with Crippen LogP contribution >= 0.6 is 0 Å². The molecule has 1 N–H and O–H groups in total. The van der Waals surface area contributed by atoms with Gasteiger partial charge in [-0.25, -0.2) is 0 Å². The lowest BCUT2D eigenvalue weighted by Crippen LogP contribution is -2.21. The first-order valence-electron chi connectivity index (χ1n) is 6.53. The largest absolute Gasteiger partial charge is 0.418 e. The molecule has 2 nitrogen and oxygen atoms in total. The lowest BCUT2D eigenvalue weighted by Gasteiger charge is -2.20. The molecule has 0 saturated heterocycles. The summed E-state index contributed by atoms with van der Waals surface area (Å²) >= 11 is 0. The van der Waals surface area contributed by atoms with E-state index in [1.54, 1.807) is 36.4 Å². The summed E-state index contributed by atoms with van der Waals surface area (Å²) in [4.78, 5) is 0. The number of fused-ring (bicyclic) bond motifs is 2. The number of nitriles is 1. The van der Waals surface area contributed by atoms with E-state index in [1.807, 2.05) is 0 Å². The van der Waals surface area contributed by atoms with Gasteiger partial charge in [-0.3, -0.25) is 0 Å². The summed E-state index contributed by atoms with van der Waals surface area (Å²) in [5, 5.41) is 20.5. The molecule has 0 saturated carbocycles. The predicted octanol–water partition coefficient (Wildman–Crippen LogP) is 4.46. The van der Waals surface area contributed by atoms with Crippen molar-refractivity contribution in [1.29, 1.82) is 5.26 Å². The maximum absolute atomic E-state index is 13.1. The van der Waals surface area contributed by atoms with Gasteiger partial charge < -0.3 is 5.11 Å². The number of benzene rings is 3. The molecule has 0 amide bonds. The van der Waals surface area contributed by atoms with E-state index in [1.165, 1.54) is 12.1 Å². The quantitative estimate of drug-likeness (QED) is 0.674. The highest BCUT2D eigenvalue weighted by atomic mass is 19.4. The van der Waals surface area contributed by atoms with Crippen molar-refractivity contribution in [2.45, 2.75) is 12.3 Å². The first-order chi connectivity index (χ1) is 10.4. The molecule has 0 aliphatic carbocycles. The summed E-state index contributed by atoms with van der Waals surface area (Å²) in [6.07, 6.45) is -7.38. The zero-order valence-corrected chi connectivity index (χ0v) is 11.2. The summed E-state index contributed by atoms with van der Waals surface area (Å²) in [6, 6.07) is 14.7. The molecule has 0 fully saturated rings. The van der Waals surface area contributed by atoms with Gasteiger partial charge in [0.1, 0.15) is 6.07 Å². The predicted molar refractivity (Wildman–Crippen MR) is 77.2 cm³/mol. The van der Waals surface area contributed by atoms with Crippen LogP contribution in [0.2, 0.25) is 0 Å². The Labute approximate surface area is 124 Å². The van der Waals surface area contributed by atoms with E-state index < -0.39 is 12.3 Å². The Morgan fingerprint density at radius 1 is 0.864 bits per heavy atom. The molecular formula is C17H10F3NO. The van der Waals surface area contributed by atoms with Crippen LogP contribution in [-0.2, 0) is 0 Å². The maximum atomic E-state index is 13.1. The highest BCUT2D eigenvalue weighted by Gasteiger charge is 2.41. The van der Waals surface area contributed by atoms with Gasteiger partial charge in [0, 0.05) is 16.3 Å². The number of alkyl halides is 3. The number of rotatable bonds is 1. The standard InChI is InChI=1S/C17H10F3NO/c18-17(19,20)16(22)15-12-7-3-1-5-10(12)14(9-21)11-6-2-4-8-13(11)15/h1-8,16,22H. The van der Waals surface area contributed by atoms with Crippen molar-refractivity contribution < 1.29 is 18.3 Å². The van der Waals surface area contributed by atoms with E-state index in [4.69, 9.17) is 0 Å². The molecule has 3 aromatic carbocycles. The Morgan fingerprint density at radius 2 is 1.27 bits per heavy atom. The third-order valence-corrected chi connectivity index (χ3v) is 3.67. The molecule has 110 valence electrons. The van der Waals surface area contributed by atoms with Gasteiger partial charge >= 0.3 is 6.18 Å². The van der Waals surface area contributed by atoms with Crippen LogP contribution < -0.4 is 0 Å². The van der Waals surface area contributed by atoms with E-state index in [-0.39, 0.29) is 16.3 Å². The minimum absolute atomic E-state index is 0.210. The van der Waals surface area contributed by atoms with Crippen LogP contribution in [0.1, 0.15) is 17.2 Å². The van der Waals surface area contributed by atoms with Gasteiger partial charge in [-0.05, 0) is 10.8 Å². The molecule has 0 bridgehead atoms. The van der Waals surface area contributed by atoms with E-state index in [9.17, 15) is 23.5 Å². The fourth-order valence-corrected chi connectivity index (χ4v) is 2.74. The fraction of sp³-hybridized carbons (Fsp3) is 0.118. The van der Waals surface area contributed by atoms with Gasteiger partial charge in [0.25, 0.3) is 0 Å². The van der Waals surface area contributed by atoms with Gasteiger partial charge in [-0.1, -0.05) is 48.5 Å². The van der Waals surface area contributed by atoms with Crippen molar-refractivity contribution in [3.8, 4) is 6.07 Å². The number of hydrogen-bond donors (Lipinski definition) is 1. The van der Waals surface area contributed by atoms with Gasteiger partial charge in [0.2, 0.25) is 0 Å². The summed E-state index contributed by atoms with van der Waals surface area (Å²) in [5.41, 5.74) is 0.0991. The molecule has 0 aliphatic rings. The minimum Gasteiger partial charge on any atom is -0.379 e. The van der Waals surface area contributed by atoms with Crippen LogP contribution in [0.5, 0.6) is 0 Å². The van der Waals surface area contributed by atoms with Gasteiger partial charge in [-0.15, -0.1) is 0 Å². The van der Waals surface area contributed by atoms with Gasteiger partial charge in [-0.2, -0.15) is 18.4 Å². The SMILES string of the molecule is N#Cc1c2ccccc2c(C(O)C(F)(F)F)c2ccccc12. The second kappa shape index (κ2) is 5.00. The number of hydrogen-bond acceptors (Lipinski definition) is 2. The maximum Gasteiger partial charge on any atom is 0.418 e. The van der Waals surface area contributed by atoms with Crippen LogP contribution in [-0.4, -0.2) is 11.3 Å². The summed E-state index contributed by atoms with van der Waals surface area (Å²) in [7, 11) is 0. The van der Waals surface area contributed by atoms with Crippen molar-refractivity contribution in [1.82, 2.24) is 0 Å². The molecule has 22 heavy (non-hydrogen) atoms. The monoisotopic (exact) mass is 301 g/mol. The van der Waals surface area contributed by atoms with Crippen molar-refractivity contribution in [3.05, 3.63) is 59.7 Å². The lowest BCUT2D eigenvalue weighted by molar-refractivity contribution is -0.206. The molecule has 0 aromatic heterocycles. The zero-order chi connectivity index (χ0) is 15.9. The number of aliphatic hydroxyl groups is 1. The van der Waals surface area contributed by atoms with Gasteiger partial charge in [0.15, 0.2) is 6.10 Å². The number of halogens is 3. The molecule has 5 heteroatoms. The van der Waals surface area contributed by atoms with E-state index >= 15 is 0 Å². The lowest BCUT2D eigenvalue weighted by atomic mass is 9.89. The average Bonchev–Trinajstić information content (AvgIpc) is 2.51. The normalized spacial score (nSPS) is 13.2. The van der Waals surface area contributed by atoms with Crippen LogP contribution in [0.25, 0.3) is 21.5 Å². The number of nitrogens with zero attached hydrogens (tertiary/aromatic N) is 1. The Balaban J connectivity index is 2.56. The van der Waals surface area contributed by atoms with Crippen LogP contribution in [0.15, 0.2) is 48.5 Å². The highest BCUT2D eigenvalue weighted by molar-refractivity contribution is 6.07. The summed E-state index contributed by atoms with van der Waals surface area (Å²) in [6.45, 7) is 0. The molecule has 0 heterocycles. The molecule has 1 atom stereocenters. The first kappa shape index (κ1) is 14.4. The Morgan fingerprint density at radius 3 is 1.64 bits per heavy atom. The number of aliphatic hydroxyl groups excluding tert-OH is 1. The highest BCUT2D eigenvalue weighted by Crippen LogP contribution is 2.41. The molecule has 3 aromatic rings. The van der Waals surface area contributed by atoms with Crippen LogP contribution in [0.3, 0.4) is 0 Å². The average molecular weight is 301 g/mol. The molecule has 0 aliphatic heterocycles. The summed E-state index contributed by atoms with van der Waals surface area (Å²) in [5.74, 6) is 0. The van der Waals surface area contributed by atoms with Crippen LogP contribution in [0, 0.1) is 11.3 Å². The zero-order valence-electron chi connectivity index (χ0n) is 11.2. The van der Waals surface area contributed by atoms with Crippen molar-refractivity contribution >= 4 is 21.5 Å². The molecule has 1 unspecified atom stereocenters. The first-order valence-corrected chi connectivity index (χ1v) is 6.53. The summed E-state index contributed by atoms with van der Waals surface area (Å²) < 4.78 is 39.2. The molecule has 0 radical (unpaired) electrons. The second-order valence-electron chi connectivity index (χ2n) is 4.94. The van der Waals surface area contributed by atoms with E-state index in [0.717, 1.165) is 0 Å².